The minimum Gasteiger partial charge on any atom is -0.480 e. The Hall–Kier alpha value is -0.650. The summed E-state index contributed by atoms with van der Waals surface area (Å²) in [4.78, 5) is 10.8. The third-order valence-corrected chi connectivity index (χ3v) is 1.98. The first-order valence-electron chi connectivity index (χ1n) is 5.12. The van der Waals surface area contributed by atoms with Crippen LogP contribution in [0.15, 0.2) is 0 Å². The van der Waals surface area contributed by atoms with E-state index in [1.54, 1.807) is 7.11 Å². The van der Waals surface area contributed by atoms with Gasteiger partial charge >= 0.3 is 5.97 Å². The molecule has 0 aromatic carbocycles. The molecule has 0 saturated heterocycles. The van der Waals surface area contributed by atoms with Crippen molar-refractivity contribution in [1.29, 1.82) is 0 Å². The van der Waals surface area contributed by atoms with Gasteiger partial charge < -0.3 is 19.9 Å². The van der Waals surface area contributed by atoms with Crippen LogP contribution in [-0.2, 0) is 14.3 Å². The fourth-order valence-corrected chi connectivity index (χ4v) is 1.14. The van der Waals surface area contributed by atoms with Crippen molar-refractivity contribution in [2.45, 2.75) is 19.9 Å². The third kappa shape index (κ3) is 7.30. The second-order valence-corrected chi connectivity index (χ2v) is 3.62. The Morgan fingerprint density at radius 2 is 2.00 bits per heavy atom. The molecule has 0 aromatic heterocycles. The van der Waals surface area contributed by atoms with Crippen LogP contribution in [0.25, 0.3) is 0 Å². The van der Waals surface area contributed by atoms with Gasteiger partial charge in [0.1, 0.15) is 6.04 Å². The number of nitrogens with one attached hydrogen (secondary N) is 1. The number of rotatable bonds is 9. The van der Waals surface area contributed by atoms with Crippen molar-refractivity contribution in [2.24, 2.45) is 5.92 Å². The fraction of sp³-hybridized carbons (Fsp3) is 0.900. The zero-order chi connectivity index (χ0) is 11.7. The zero-order valence-electron chi connectivity index (χ0n) is 9.66. The van der Waals surface area contributed by atoms with Crippen LogP contribution in [0.5, 0.6) is 0 Å². The van der Waals surface area contributed by atoms with Gasteiger partial charge in [-0.05, 0) is 5.92 Å². The molecule has 0 amide bonds. The first-order valence-corrected chi connectivity index (χ1v) is 5.12. The summed E-state index contributed by atoms with van der Waals surface area (Å²) in [5.41, 5.74) is 0. The van der Waals surface area contributed by atoms with Crippen LogP contribution in [-0.4, -0.2) is 50.6 Å². The minimum atomic E-state index is -0.818. The maximum Gasteiger partial charge on any atom is 0.320 e. The van der Waals surface area contributed by atoms with E-state index in [1.807, 2.05) is 13.8 Å². The molecular weight excluding hydrogens is 198 g/mol. The van der Waals surface area contributed by atoms with Crippen LogP contribution >= 0.6 is 0 Å². The molecule has 1 atom stereocenters. The molecule has 0 radical (unpaired) electrons. The molecule has 0 saturated carbocycles. The maximum atomic E-state index is 10.8. The van der Waals surface area contributed by atoms with E-state index in [9.17, 15) is 4.79 Å². The Morgan fingerprint density at radius 3 is 2.47 bits per heavy atom. The third-order valence-electron chi connectivity index (χ3n) is 1.98. The number of ether oxygens (including phenoxy) is 2. The lowest BCUT2D eigenvalue weighted by Gasteiger charge is -2.17. The van der Waals surface area contributed by atoms with Gasteiger partial charge in [0, 0.05) is 13.7 Å². The summed E-state index contributed by atoms with van der Waals surface area (Å²) in [5.74, 6) is -0.747. The molecule has 0 aromatic rings. The van der Waals surface area contributed by atoms with Crippen LogP contribution in [0.1, 0.15) is 13.8 Å². The van der Waals surface area contributed by atoms with E-state index in [2.05, 4.69) is 5.32 Å². The number of hydrogen-bond acceptors (Lipinski definition) is 4. The lowest BCUT2D eigenvalue weighted by molar-refractivity contribution is -0.140. The highest BCUT2D eigenvalue weighted by Crippen LogP contribution is 2.00. The summed E-state index contributed by atoms with van der Waals surface area (Å²) in [6.45, 7) is 5.89. The molecule has 0 rings (SSSR count). The van der Waals surface area contributed by atoms with Gasteiger partial charge in [-0.1, -0.05) is 13.8 Å². The Labute approximate surface area is 90.8 Å². The minimum absolute atomic E-state index is 0.0708. The fourth-order valence-electron chi connectivity index (χ4n) is 1.14. The molecule has 0 aliphatic heterocycles. The largest absolute Gasteiger partial charge is 0.480 e. The van der Waals surface area contributed by atoms with Crippen LogP contribution in [0.2, 0.25) is 0 Å². The topological polar surface area (TPSA) is 67.8 Å². The smallest absolute Gasteiger partial charge is 0.320 e. The second kappa shape index (κ2) is 8.64. The van der Waals surface area contributed by atoms with Gasteiger partial charge in [-0.25, -0.2) is 0 Å². The highest BCUT2D eigenvalue weighted by molar-refractivity contribution is 5.73. The monoisotopic (exact) mass is 219 g/mol. The quantitative estimate of drug-likeness (QED) is 0.548. The SMILES string of the molecule is COCCOCCNC(C(=O)O)C(C)C. The van der Waals surface area contributed by atoms with E-state index in [0.29, 0.717) is 26.4 Å². The van der Waals surface area contributed by atoms with Gasteiger partial charge in [0.05, 0.1) is 19.8 Å². The van der Waals surface area contributed by atoms with Gasteiger partial charge in [0.2, 0.25) is 0 Å². The number of methoxy groups -OCH3 is 1. The van der Waals surface area contributed by atoms with Gasteiger partial charge in [-0.2, -0.15) is 0 Å². The molecule has 90 valence electrons. The van der Waals surface area contributed by atoms with Crippen molar-refractivity contribution in [1.82, 2.24) is 5.32 Å². The van der Waals surface area contributed by atoms with Gasteiger partial charge in [-0.15, -0.1) is 0 Å². The Bertz CT molecular complexity index is 173. The first kappa shape index (κ1) is 14.3. The average molecular weight is 219 g/mol. The average Bonchev–Trinajstić information content (AvgIpc) is 2.15. The number of carboxylic acids is 1. The van der Waals surface area contributed by atoms with Gasteiger partial charge in [-0.3, -0.25) is 4.79 Å². The molecule has 0 fully saturated rings. The normalized spacial score (nSPS) is 13.1. The number of hydrogen-bond donors (Lipinski definition) is 2. The summed E-state index contributed by atoms with van der Waals surface area (Å²) in [6.07, 6.45) is 0. The number of carbonyl (C=O) groups is 1. The summed E-state index contributed by atoms with van der Waals surface area (Å²) < 4.78 is 10.0. The molecule has 0 bridgehead atoms. The summed E-state index contributed by atoms with van der Waals surface area (Å²) in [7, 11) is 1.61. The van der Waals surface area contributed by atoms with E-state index < -0.39 is 12.0 Å². The molecule has 15 heavy (non-hydrogen) atoms. The van der Waals surface area contributed by atoms with E-state index in [0.717, 1.165) is 0 Å². The molecule has 1 unspecified atom stereocenters. The molecular formula is C10H21NO4. The summed E-state index contributed by atoms with van der Waals surface area (Å²) in [5, 5.41) is 11.8. The van der Waals surface area contributed by atoms with Crippen molar-refractivity contribution >= 4 is 5.97 Å². The molecule has 0 aliphatic rings. The predicted octanol–water partition coefficient (Wildman–Crippen LogP) is 0.348. The Balaban J connectivity index is 3.50. The van der Waals surface area contributed by atoms with Crippen LogP contribution in [0.4, 0.5) is 0 Å². The molecule has 5 heteroatoms. The van der Waals surface area contributed by atoms with Gasteiger partial charge in [0.15, 0.2) is 0 Å². The van der Waals surface area contributed by atoms with E-state index in [1.165, 1.54) is 0 Å². The molecule has 2 N–H and O–H groups in total. The van der Waals surface area contributed by atoms with E-state index in [-0.39, 0.29) is 5.92 Å². The van der Waals surface area contributed by atoms with Gasteiger partial charge in [0.25, 0.3) is 0 Å². The Kier molecular flexibility index (Phi) is 8.27. The molecule has 5 nitrogen and oxygen atoms in total. The van der Waals surface area contributed by atoms with Crippen molar-refractivity contribution in [2.75, 3.05) is 33.5 Å². The van der Waals surface area contributed by atoms with E-state index >= 15 is 0 Å². The zero-order valence-corrected chi connectivity index (χ0v) is 9.66. The van der Waals surface area contributed by atoms with Crippen molar-refractivity contribution < 1.29 is 19.4 Å². The highest BCUT2D eigenvalue weighted by atomic mass is 16.5. The van der Waals surface area contributed by atoms with Crippen LogP contribution in [0, 0.1) is 5.92 Å². The lowest BCUT2D eigenvalue weighted by atomic mass is 10.1. The molecule has 0 aliphatic carbocycles. The number of aliphatic carboxylic acids is 1. The second-order valence-electron chi connectivity index (χ2n) is 3.62. The summed E-state index contributed by atoms with van der Waals surface area (Å²) >= 11 is 0. The molecule has 0 spiro atoms. The summed E-state index contributed by atoms with van der Waals surface area (Å²) in [6, 6.07) is -0.504. The number of carboxylic acid groups (broad SMARTS) is 1. The molecule has 0 heterocycles. The lowest BCUT2D eigenvalue weighted by Crippen LogP contribution is -2.42. The standard InChI is InChI=1S/C10H21NO4/c1-8(2)9(10(12)13)11-4-5-15-7-6-14-3/h8-9,11H,4-7H2,1-3H3,(H,12,13). The Morgan fingerprint density at radius 1 is 1.33 bits per heavy atom. The highest BCUT2D eigenvalue weighted by Gasteiger charge is 2.19. The van der Waals surface area contributed by atoms with Crippen LogP contribution < -0.4 is 5.32 Å². The van der Waals surface area contributed by atoms with Crippen molar-refractivity contribution in [3.8, 4) is 0 Å². The first-order chi connectivity index (χ1) is 7.09. The maximum absolute atomic E-state index is 10.8. The van der Waals surface area contributed by atoms with Crippen LogP contribution in [0.3, 0.4) is 0 Å². The van der Waals surface area contributed by atoms with Crippen molar-refractivity contribution in [3.63, 3.8) is 0 Å². The van der Waals surface area contributed by atoms with E-state index in [4.69, 9.17) is 14.6 Å². The predicted molar refractivity (Wildman–Crippen MR) is 57.0 cm³/mol. The van der Waals surface area contributed by atoms with Crippen molar-refractivity contribution in [3.05, 3.63) is 0 Å².